The van der Waals surface area contributed by atoms with Crippen LogP contribution in [0, 0.1) is 19.7 Å². The summed E-state index contributed by atoms with van der Waals surface area (Å²) in [5.41, 5.74) is 2.58. The molecular weight excluding hydrogens is 351 g/mol. The Bertz CT molecular complexity index is 992. The minimum Gasteiger partial charge on any atom is -0.381 e. The molecule has 27 heavy (non-hydrogen) atoms. The third-order valence-corrected chi connectivity index (χ3v) is 4.35. The molecule has 0 spiro atoms. The molecule has 1 aliphatic carbocycles. The summed E-state index contributed by atoms with van der Waals surface area (Å²) >= 11 is 0. The van der Waals surface area contributed by atoms with Gasteiger partial charge in [-0.05, 0) is 44.9 Å². The summed E-state index contributed by atoms with van der Waals surface area (Å²) < 4.78 is 20.2. The molecule has 3 aromatic rings. The van der Waals surface area contributed by atoms with Gasteiger partial charge in [-0.1, -0.05) is 10.4 Å². The number of amides is 1. The van der Waals surface area contributed by atoms with Crippen molar-refractivity contribution < 1.29 is 13.7 Å². The number of hydrogen-bond acceptors (Lipinski definition) is 6. The highest BCUT2D eigenvalue weighted by atomic mass is 19.1. The molecule has 2 aromatic heterocycles. The number of aromatic nitrogens is 4. The van der Waals surface area contributed by atoms with Crippen molar-refractivity contribution in [2.24, 2.45) is 0 Å². The molecule has 1 aromatic carbocycles. The number of nitrogens with one attached hydrogen (secondary N) is 2. The van der Waals surface area contributed by atoms with E-state index >= 15 is 0 Å². The van der Waals surface area contributed by atoms with Crippen LogP contribution in [-0.4, -0.2) is 32.1 Å². The molecule has 0 saturated heterocycles. The lowest BCUT2D eigenvalue weighted by Gasteiger charge is -2.12. The number of halogens is 1. The molecule has 0 aliphatic heterocycles. The molecular formula is C18H19FN6O2. The van der Waals surface area contributed by atoms with Crippen LogP contribution in [0.3, 0.4) is 0 Å². The van der Waals surface area contributed by atoms with E-state index in [0.29, 0.717) is 41.1 Å². The fourth-order valence-electron chi connectivity index (χ4n) is 2.74. The second-order valence-corrected chi connectivity index (χ2v) is 6.67. The van der Waals surface area contributed by atoms with Gasteiger partial charge in [0.05, 0.1) is 23.6 Å². The molecule has 140 valence electrons. The van der Waals surface area contributed by atoms with Crippen molar-refractivity contribution in [1.82, 2.24) is 20.2 Å². The molecule has 2 N–H and O–H groups in total. The summed E-state index contributed by atoms with van der Waals surface area (Å²) in [6.07, 6.45) is 2.08. The van der Waals surface area contributed by atoms with Crippen LogP contribution in [0.2, 0.25) is 0 Å². The second kappa shape index (κ2) is 6.82. The lowest BCUT2D eigenvalue weighted by Crippen LogP contribution is -2.16. The zero-order valence-corrected chi connectivity index (χ0v) is 15.0. The third kappa shape index (κ3) is 3.81. The monoisotopic (exact) mass is 370 g/mol. The second-order valence-electron chi connectivity index (χ2n) is 6.67. The molecule has 2 heterocycles. The highest BCUT2D eigenvalue weighted by Gasteiger charge is 2.23. The smallest absolute Gasteiger partial charge is 0.278 e. The Morgan fingerprint density at radius 1 is 1.30 bits per heavy atom. The van der Waals surface area contributed by atoms with E-state index in [4.69, 9.17) is 4.52 Å². The van der Waals surface area contributed by atoms with Gasteiger partial charge in [0.2, 0.25) is 0 Å². The van der Waals surface area contributed by atoms with Crippen LogP contribution in [0.5, 0.6) is 0 Å². The lowest BCUT2D eigenvalue weighted by atomic mass is 10.2. The summed E-state index contributed by atoms with van der Waals surface area (Å²) in [7, 11) is 0. The number of aryl methyl sites for hydroxylation is 1. The summed E-state index contributed by atoms with van der Waals surface area (Å²) in [6.45, 7) is 3.92. The van der Waals surface area contributed by atoms with Gasteiger partial charge in [-0.2, -0.15) is 0 Å². The van der Waals surface area contributed by atoms with E-state index in [2.05, 4.69) is 26.1 Å². The van der Waals surface area contributed by atoms with Gasteiger partial charge < -0.3 is 15.2 Å². The molecule has 0 radical (unpaired) electrons. The SMILES string of the molecule is Cc1cc(Cn2nnc(C(=O)Nc3ccc(F)cc3NC3CC3)c2C)no1. The number of rotatable bonds is 6. The zero-order chi connectivity index (χ0) is 19.0. The van der Waals surface area contributed by atoms with Gasteiger partial charge in [0.15, 0.2) is 5.69 Å². The molecule has 1 saturated carbocycles. The van der Waals surface area contributed by atoms with Gasteiger partial charge >= 0.3 is 0 Å². The quantitative estimate of drug-likeness (QED) is 0.692. The molecule has 1 fully saturated rings. The molecule has 1 amide bonds. The highest BCUT2D eigenvalue weighted by molar-refractivity contribution is 6.05. The van der Waals surface area contributed by atoms with Crippen LogP contribution in [0.1, 0.15) is 40.5 Å². The molecule has 0 bridgehead atoms. The summed E-state index contributed by atoms with van der Waals surface area (Å²) in [6, 6.07) is 6.36. The minimum absolute atomic E-state index is 0.205. The molecule has 0 unspecified atom stereocenters. The maximum absolute atomic E-state index is 13.6. The van der Waals surface area contributed by atoms with Crippen molar-refractivity contribution in [1.29, 1.82) is 0 Å². The average molecular weight is 370 g/mol. The lowest BCUT2D eigenvalue weighted by molar-refractivity contribution is 0.102. The van der Waals surface area contributed by atoms with Gasteiger partial charge in [-0.15, -0.1) is 5.10 Å². The van der Waals surface area contributed by atoms with E-state index in [1.807, 2.05) is 0 Å². The first-order valence-electron chi connectivity index (χ1n) is 8.69. The summed E-state index contributed by atoms with van der Waals surface area (Å²) in [4.78, 5) is 12.7. The molecule has 8 nitrogen and oxygen atoms in total. The molecule has 0 atom stereocenters. The van der Waals surface area contributed by atoms with Crippen molar-refractivity contribution in [3.8, 4) is 0 Å². The topological polar surface area (TPSA) is 97.9 Å². The predicted octanol–water partition coefficient (Wildman–Crippen LogP) is 2.90. The van der Waals surface area contributed by atoms with Gasteiger partial charge in [-0.3, -0.25) is 4.79 Å². The Labute approximate surface area is 154 Å². The number of benzene rings is 1. The third-order valence-electron chi connectivity index (χ3n) is 4.35. The maximum Gasteiger partial charge on any atom is 0.278 e. The first kappa shape index (κ1) is 17.2. The van der Waals surface area contributed by atoms with Crippen molar-refractivity contribution >= 4 is 17.3 Å². The minimum atomic E-state index is -0.402. The van der Waals surface area contributed by atoms with Gasteiger partial charge in [0.1, 0.15) is 17.3 Å². The molecule has 9 heteroatoms. The molecule has 1 aliphatic rings. The number of nitrogens with zero attached hydrogens (tertiary/aromatic N) is 4. The molecule has 4 rings (SSSR count). The Hall–Kier alpha value is -3.23. The summed E-state index contributed by atoms with van der Waals surface area (Å²) in [5, 5.41) is 17.9. The van der Waals surface area contributed by atoms with E-state index in [0.717, 1.165) is 12.8 Å². The number of carbonyl (C=O) groups is 1. The standard InChI is InChI=1S/C18H19FN6O2/c1-10-7-14(23-27-10)9-25-11(2)17(22-24-25)18(26)21-15-6-3-12(19)8-16(15)20-13-4-5-13/h3,6-8,13,20H,4-5,9H2,1-2H3,(H,21,26). The van der Waals surface area contributed by atoms with Crippen LogP contribution in [-0.2, 0) is 6.54 Å². The van der Waals surface area contributed by atoms with Crippen molar-refractivity contribution in [3.05, 3.63) is 52.9 Å². The van der Waals surface area contributed by atoms with Crippen molar-refractivity contribution in [3.63, 3.8) is 0 Å². The van der Waals surface area contributed by atoms with Gasteiger partial charge in [0.25, 0.3) is 5.91 Å². The Balaban J connectivity index is 1.52. The number of carbonyl (C=O) groups excluding carboxylic acids is 1. The van der Waals surface area contributed by atoms with Crippen LogP contribution in [0.4, 0.5) is 15.8 Å². The normalized spacial score (nSPS) is 13.6. The Morgan fingerprint density at radius 3 is 2.81 bits per heavy atom. The van der Waals surface area contributed by atoms with E-state index in [1.165, 1.54) is 18.2 Å². The van der Waals surface area contributed by atoms with Gasteiger partial charge in [0, 0.05) is 12.1 Å². The van der Waals surface area contributed by atoms with Crippen LogP contribution >= 0.6 is 0 Å². The first-order chi connectivity index (χ1) is 13.0. The van der Waals surface area contributed by atoms with Gasteiger partial charge in [-0.25, -0.2) is 9.07 Å². The summed E-state index contributed by atoms with van der Waals surface area (Å²) in [5.74, 6) is -0.0607. The number of hydrogen-bond donors (Lipinski definition) is 2. The Kier molecular flexibility index (Phi) is 4.35. The zero-order valence-electron chi connectivity index (χ0n) is 15.0. The van der Waals surface area contributed by atoms with Crippen LogP contribution < -0.4 is 10.6 Å². The van der Waals surface area contributed by atoms with Crippen molar-refractivity contribution in [2.75, 3.05) is 10.6 Å². The highest BCUT2D eigenvalue weighted by Crippen LogP contribution is 2.30. The largest absolute Gasteiger partial charge is 0.381 e. The Morgan fingerprint density at radius 2 is 2.11 bits per heavy atom. The van der Waals surface area contributed by atoms with E-state index in [-0.39, 0.29) is 11.5 Å². The van der Waals surface area contributed by atoms with Crippen LogP contribution in [0.25, 0.3) is 0 Å². The van der Waals surface area contributed by atoms with Crippen molar-refractivity contribution in [2.45, 2.75) is 39.3 Å². The predicted molar refractivity (Wildman–Crippen MR) is 96.1 cm³/mol. The fraction of sp³-hybridized carbons (Fsp3) is 0.333. The fourth-order valence-corrected chi connectivity index (χ4v) is 2.74. The van der Waals surface area contributed by atoms with Crippen LogP contribution in [0.15, 0.2) is 28.8 Å². The average Bonchev–Trinajstić information content (AvgIpc) is 3.24. The number of anilines is 2. The maximum atomic E-state index is 13.6. The van der Waals surface area contributed by atoms with E-state index < -0.39 is 5.91 Å². The van der Waals surface area contributed by atoms with E-state index in [1.54, 1.807) is 24.6 Å². The van der Waals surface area contributed by atoms with E-state index in [9.17, 15) is 9.18 Å². The first-order valence-corrected chi connectivity index (χ1v) is 8.69.